The Hall–Kier alpha value is -0.470. The summed E-state index contributed by atoms with van der Waals surface area (Å²) in [7, 11) is 0. The number of rotatable bonds is 4. The minimum Gasteiger partial charge on any atom is -0.394 e. The average Bonchev–Trinajstić information content (AvgIpc) is 2.57. The fourth-order valence-electron chi connectivity index (χ4n) is 2.77. The lowest BCUT2D eigenvalue weighted by Crippen LogP contribution is -2.67. The summed E-state index contributed by atoms with van der Waals surface area (Å²) in [6.07, 6.45) is -15.6. The van der Waals surface area contributed by atoms with Gasteiger partial charge < -0.3 is 50.0 Å². The Morgan fingerprint density at radius 1 is 0.917 bits per heavy atom. The molecule has 0 aliphatic carbocycles. The van der Waals surface area contributed by atoms with Gasteiger partial charge in [0.2, 0.25) is 0 Å². The van der Waals surface area contributed by atoms with Crippen molar-refractivity contribution < 1.29 is 54.3 Å². The van der Waals surface area contributed by atoms with Crippen molar-refractivity contribution in [1.82, 2.24) is 0 Å². The first kappa shape index (κ1) is 19.8. The van der Waals surface area contributed by atoms with Gasteiger partial charge in [0.05, 0.1) is 13.2 Å². The molecule has 2 rings (SSSR count). The third-order valence-corrected chi connectivity index (χ3v) is 4.31. The Bertz CT molecular complexity index is 424. The van der Waals surface area contributed by atoms with Crippen LogP contribution in [0, 0.1) is 0 Å². The molecule has 0 bridgehead atoms. The first-order valence-electron chi connectivity index (χ1n) is 7.43. The fraction of sp³-hybridized carbons (Fsp3) is 1.00. The molecule has 7 N–H and O–H groups in total. The van der Waals surface area contributed by atoms with Crippen LogP contribution >= 0.6 is 0 Å². The Kier molecular flexibility index (Phi) is 6.13. The van der Waals surface area contributed by atoms with E-state index in [-0.39, 0.29) is 0 Å². The highest BCUT2D eigenvalue weighted by molar-refractivity contribution is 4.97. The predicted octanol–water partition coefficient (Wildman–Crippen LogP) is -4.03. The Labute approximate surface area is 136 Å². The standard InChI is InChI=1S/C13H23FO10/c1-13(11(21)10(20)8(18)5(3-16)23-13)24-12-9(19)6(14)7(17)4(2-15)22-12/h4-12,15-21H,2-3H2,1H3/t4?,5?,6?,7-,8-,9?,10?,11?,12-,13-/m1/s1. The third-order valence-electron chi connectivity index (χ3n) is 4.31. The van der Waals surface area contributed by atoms with Crippen LogP contribution in [0.15, 0.2) is 0 Å². The summed E-state index contributed by atoms with van der Waals surface area (Å²) in [6, 6.07) is 0. The maximum atomic E-state index is 13.9. The third kappa shape index (κ3) is 3.42. The number of hydrogen-bond donors (Lipinski definition) is 7. The van der Waals surface area contributed by atoms with Gasteiger partial charge in [0.1, 0.15) is 42.7 Å². The number of ether oxygens (including phenoxy) is 3. The van der Waals surface area contributed by atoms with Crippen molar-refractivity contribution in [3.05, 3.63) is 0 Å². The van der Waals surface area contributed by atoms with Crippen molar-refractivity contribution in [3.8, 4) is 0 Å². The van der Waals surface area contributed by atoms with Gasteiger partial charge in [0, 0.05) is 0 Å². The molecule has 2 heterocycles. The second-order valence-electron chi connectivity index (χ2n) is 6.05. The van der Waals surface area contributed by atoms with Crippen molar-refractivity contribution in [2.75, 3.05) is 13.2 Å². The highest BCUT2D eigenvalue weighted by Crippen LogP contribution is 2.35. The summed E-state index contributed by atoms with van der Waals surface area (Å²) in [5.41, 5.74) is 0. The minimum absolute atomic E-state index is 0.707. The fourth-order valence-corrected chi connectivity index (χ4v) is 2.77. The first-order valence-corrected chi connectivity index (χ1v) is 7.43. The number of aliphatic hydroxyl groups excluding tert-OH is 7. The van der Waals surface area contributed by atoms with E-state index in [1.54, 1.807) is 0 Å². The zero-order chi connectivity index (χ0) is 18.2. The van der Waals surface area contributed by atoms with E-state index in [2.05, 4.69) is 0 Å². The monoisotopic (exact) mass is 358 g/mol. The molecule has 0 aromatic heterocycles. The highest BCUT2D eigenvalue weighted by atomic mass is 19.1. The van der Waals surface area contributed by atoms with E-state index in [1.165, 1.54) is 0 Å². The SMILES string of the molecule is C[C@]1(O[C@H]2OC(CO)[C@@H](O)C(F)C2O)OC(CO)[C@@H](O)C(O)C1O. The highest BCUT2D eigenvalue weighted by Gasteiger charge is 2.55. The van der Waals surface area contributed by atoms with Gasteiger partial charge in [-0.3, -0.25) is 0 Å². The van der Waals surface area contributed by atoms with Gasteiger partial charge in [0.25, 0.3) is 0 Å². The number of aliphatic hydroxyl groups is 7. The maximum absolute atomic E-state index is 13.9. The average molecular weight is 358 g/mol. The van der Waals surface area contributed by atoms with Crippen molar-refractivity contribution in [2.45, 2.75) is 67.9 Å². The van der Waals surface area contributed by atoms with Crippen molar-refractivity contribution >= 4 is 0 Å². The van der Waals surface area contributed by atoms with Crippen LogP contribution < -0.4 is 0 Å². The minimum atomic E-state index is -2.20. The molecule has 11 heteroatoms. The van der Waals surface area contributed by atoms with E-state index < -0.39 is 74.2 Å². The van der Waals surface area contributed by atoms with E-state index >= 15 is 0 Å². The van der Waals surface area contributed by atoms with Gasteiger partial charge in [-0.15, -0.1) is 0 Å². The molecule has 0 aromatic rings. The van der Waals surface area contributed by atoms with Gasteiger partial charge in [-0.05, 0) is 6.92 Å². The molecule has 2 aliphatic heterocycles. The molecular formula is C13H23FO10. The molecule has 2 saturated heterocycles. The normalized spacial score (nSPS) is 53.1. The van der Waals surface area contributed by atoms with E-state index in [9.17, 15) is 35.0 Å². The molecule has 24 heavy (non-hydrogen) atoms. The van der Waals surface area contributed by atoms with Gasteiger partial charge >= 0.3 is 0 Å². The number of halogens is 1. The van der Waals surface area contributed by atoms with Crippen LogP contribution in [0.25, 0.3) is 0 Å². The lowest BCUT2D eigenvalue weighted by atomic mass is 9.93. The van der Waals surface area contributed by atoms with E-state index in [1.807, 2.05) is 0 Å². The zero-order valence-electron chi connectivity index (χ0n) is 12.8. The van der Waals surface area contributed by atoms with E-state index in [4.69, 9.17) is 19.3 Å². The summed E-state index contributed by atoms with van der Waals surface area (Å²) >= 11 is 0. The second kappa shape index (κ2) is 7.41. The Morgan fingerprint density at radius 2 is 1.50 bits per heavy atom. The largest absolute Gasteiger partial charge is 0.394 e. The summed E-state index contributed by atoms with van der Waals surface area (Å²) in [6.45, 7) is -0.325. The molecule has 2 aliphatic rings. The van der Waals surface area contributed by atoms with Gasteiger partial charge in [-0.25, -0.2) is 4.39 Å². The quantitative estimate of drug-likeness (QED) is 0.263. The predicted molar refractivity (Wildman–Crippen MR) is 72.1 cm³/mol. The van der Waals surface area contributed by atoms with Crippen molar-refractivity contribution in [2.24, 2.45) is 0 Å². The summed E-state index contributed by atoms with van der Waals surface area (Å²) in [4.78, 5) is 0. The van der Waals surface area contributed by atoms with Crippen molar-refractivity contribution in [3.63, 3.8) is 0 Å². The topological polar surface area (TPSA) is 169 Å². The molecule has 0 aromatic carbocycles. The van der Waals surface area contributed by atoms with Crippen LogP contribution in [-0.4, -0.2) is 110 Å². The summed E-state index contributed by atoms with van der Waals surface area (Å²) in [5, 5.41) is 67.2. The lowest BCUT2D eigenvalue weighted by Gasteiger charge is -2.49. The zero-order valence-corrected chi connectivity index (χ0v) is 12.8. The Balaban J connectivity index is 2.18. The van der Waals surface area contributed by atoms with Gasteiger partial charge in [0.15, 0.2) is 18.2 Å². The summed E-state index contributed by atoms with van der Waals surface area (Å²) in [5.74, 6) is -2.07. The van der Waals surface area contributed by atoms with E-state index in [0.29, 0.717) is 0 Å². The molecule has 6 unspecified atom stereocenters. The molecule has 0 amide bonds. The molecule has 0 spiro atoms. The van der Waals surface area contributed by atoms with Crippen LogP contribution in [0.3, 0.4) is 0 Å². The van der Waals surface area contributed by atoms with Crippen molar-refractivity contribution in [1.29, 1.82) is 0 Å². The van der Waals surface area contributed by atoms with Gasteiger partial charge in [-0.2, -0.15) is 0 Å². The smallest absolute Gasteiger partial charge is 0.197 e. The second-order valence-corrected chi connectivity index (χ2v) is 6.05. The molecule has 0 radical (unpaired) electrons. The summed E-state index contributed by atoms with van der Waals surface area (Å²) < 4.78 is 29.5. The molecule has 142 valence electrons. The van der Waals surface area contributed by atoms with Gasteiger partial charge in [-0.1, -0.05) is 0 Å². The van der Waals surface area contributed by atoms with Crippen LogP contribution in [0.1, 0.15) is 6.92 Å². The van der Waals surface area contributed by atoms with E-state index in [0.717, 1.165) is 6.92 Å². The molecule has 0 saturated carbocycles. The number of alkyl halides is 1. The van der Waals surface area contributed by atoms with Crippen LogP contribution in [0.4, 0.5) is 4.39 Å². The first-order chi connectivity index (χ1) is 11.2. The van der Waals surface area contributed by atoms with Crippen LogP contribution in [0.2, 0.25) is 0 Å². The maximum Gasteiger partial charge on any atom is 0.197 e. The van der Waals surface area contributed by atoms with Crippen LogP contribution in [-0.2, 0) is 14.2 Å². The molecule has 10 atom stereocenters. The Morgan fingerprint density at radius 3 is 2.04 bits per heavy atom. The molecule has 2 fully saturated rings. The number of hydrogen-bond acceptors (Lipinski definition) is 10. The molecule has 10 nitrogen and oxygen atoms in total. The van der Waals surface area contributed by atoms with Crippen LogP contribution in [0.5, 0.6) is 0 Å². The lowest BCUT2D eigenvalue weighted by molar-refractivity contribution is -0.414. The molecular weight excluding hydrogens is 335 g/mol.